The largest absolute Gasteiger partial charge is 0.483 e. The zero-order chi connectivity index (χ0) is 24.4. The first-order valence-electron chi connectivity index (χ1n) is 10.4. The van der Waals surface area contributed by atoms with Crippen molar-refractivity contribution in [3.8, 4) is 0 Å². The van der Waals surface area contributed by atoms with Gasteiger partial charge in [-0.1, -0.05) is 24.4 Å². The van der Waals surface area contributed by atoms with Crippen LogP contribution >= 0.6 is 22.9 Å². The summed E-state index contributed by atoms with van der Waals surface area (Å²) in [6.45, 7) is 1.19. The summed E-state index contributed by atoms with van der Waals surface area (Å²) in [6, 6.07) is 2.75. The van der Waals surface area contributed by atoms with Crippen LogP contribution in [-0.4, -0.2) is 69.3 Å². The summed E-state index contributed by atoms with van der Waals surface area (Å²) in [4.78, 5) is 14.2. The molecule has 1 aliphatic carbocycles. The number of rotatable bonds is 9. The maximum absolute atomic E-state index is 14.8. The second-order valence-electron chi connectivity index (χ2n) is 7.63. The Morgan fingerprint density at radius 2 is 2.09 bits per heavy atom. The van der Waals surface area contributed by atoms with Crippen LogP contribution in [0.2, 0.25) is 5.02 Å². The fourth-order valence-corrected chi connectivity index (χ4v) is 6.48. The molecule has 2 aromatic rings. The zero-order valence-corrected chi connectivity index (χ0v) is 20.9. The Morgan fingerprint density at radius 3 is 2.73 bits per heavy atom. The van der Waals surface area contributed by atoms with E-state index in [0.717, 1.165) is 32.2 Å². The average Bonchev–Trinajstić information content (AvgIpc) is 3.27. The molecule has 3 rings (SSSR count). The van der Waals surface area contributed by atoms with Crippen LogP contribution in [0.1, 0.15) is 30.7 Å². The monoisotopic (exact) mass is 521 g/mol. The molecule has 1 heterocycles. The van der Waals surface area contributed by atoms with Crippen LogP contribution in [0.5, 0.6) is 0 Å². The lowest BCUT2D eigenvalue weighted by atomic mass is 9.89. The Balaban J connectivity index is 0.00000122. The quantitative estimate of drug-likeness (QED) is 0.478. The lowest BCUT2D eigenvalue weighted by Gasteiger charge is -2.39. The van der Waals surface area contributed by atoms with Crippen molar-refractivity contribution in [3.05, 3.63) is 39.6 Å². The van der Waals surface area contributed by atoms with Crippen molar-refractivity contribution in [2.45, 2.75) is 48.4 Å². The second kappa shape index (κ2) is 13.2. The number of ether oxygens (including phenoxy) is 1. The third-order valence-corrected chi connectivity index (χ3v) is 8.35. The highest BCUT2D eigenvalue weighted by molar-refractivity contribution is 7.90. The topological polar surface area (TPSA) is 109 Å². The molecule has 0 aliphatic heterocycles. The molecule has 1 saturated carbocycles. The number of carbonyl (C=O) groups is 1. The third-order valence-electron chi connectivity index (χ3n) is 5.44. The molecule has 0 bridgehead atoms. The molecule has 1 aromatic carbocycles. The van der Waals surface area contributed by atoms with Gasteiger partial charge in [-0.2, -0.15) is 0 Å². The Kier molecular flexibility index (Phi) is 11.0. The molecule has 1 fully saturated rings. The van der Waals surface area contributed by atoms with E-state index in [0.29, 0.717) is 17.3 Å². The number of sulfone groups is 1. The van der Waals surface area contributed by atoms with Gasteiger partial charge >= 0.3 is 0 Å². The predicted molar refractivity (Wildman–Crippen MR) is 127 cm³/mol. The van der Waals surface area contributed by atoms with Crippen molar-refractivity contribution in [2.24, 2.45) is 0 Å². The molecule has 0 spiro atoms. The number of benzene rings is 1. The van der Waals surface area contributed by atoms with E-state index in [1.807, 2.05) is 0 Å². The maximum atomic E-state index is 14.8. The van der Waals surface area contributed by atoms with E-state index in [-0.39, 0.29) is 29.3 Å². The first-order chi connectivity index (χ1) is 15.7. The van der Waals surface area contributed by atoms with Gasteiger partial charge in [0.05, 0.1) is 17.3 Å². The number of anilines is 1. The minimum absolute atomic E-state index is 0.0929. The van der Waals surface area contributed by atoms with Crippen molar-refractivity contribution >= 4 is 44.9 Å². The van der Waals surface area contributed by atoms with Gasteiger partial charge in [-0.3, -0.25) is 9.69 Å². The number of aromatic nitrogens is 1. The number of likely N-dealkylation sites (N-methyl/N-ethyl adjacent to an activating group) is 1. The normalized spacial score (nSPS) is 18.5. The second-order valence-corrected chi connectivity index (χ2v) is 11.0. The van der Waals surface area contributed by atoms with E-state index in [1.165, 1.54) is 29.7 Å². The minimum Gasteiger partial charge on any atom is -0.483 e. The lowest BCUT2D eigenvalue weighted by molar-refractivity contribution is -0.122. The Hall–Kier alpha value is -1.79. The Morgan fingerprint density at radius 1 is 1.39 bits per heavy atom. The fraction of sp³-hybridized carbons (Fsp3) is 0.524. The summed E-state index contributed by atoms with van der Waals surface area (Å²) >= 11 is 7.60. The number of hydrogen-bond donors (Lipinski definition) is 2. The molecule has 2 atom stereocenters. The van der Waals surface area contributed by atoms with Crippen LogP contribution in [0.3, 0.4) is 0 Å². The summed E-state index contributed by atoms with van der Waals surface area (Å²) < 4.78 is 45.3. The van der Waals surface area contributed by atoms with Gasteiger partial charge in [-0.25, -0.2) is 17.8 Å². The summed E-state index contributed by atoms with van der Waals surface area (Å²) in [5.41, 5.74) is 0.416. The maximum Gasteiger partial charge on any atom is 0.290 e. The summed E-state index contributed by atoms with van der Waals surface area (Å²) in [7, 11) is -0.149. The van der Waals surface area contributed by atoms with E-state index in [9.17, 15) is 12.8 Å². The van der Waals surface area contributed by atoms with Crippen LogP contribution in [-0.2, 0) is 25.1 Å². The van der Waals surface area contributed by atoms with Crippen molar-refractivity contribution in [1.82, 2.24) is 9.88 Å². The number of hydrogen-bond acceptors (Lipinski definition) is 8. The average molecular weight is 522 g/mol. The van der Waals surface area contributed by atoms with Crippen LogP contribution in [0, 0.1) is 5.82 Å². The lowest BCUT2D eigenvalue weighted by Crippen LogP contribution is -2.48. The predicted octanol–water partition coefficient (Wildman–Crippen LogP) is 3.91. The van der Waals surface area contributed by atoms with E-state index in [1.54, 1.807) is 12.5 Å². The van der Waals surface area contributed by atoms with Gasteiger partial charge in [-0.15, -0.1) is 11.3 Å². The summed E-state index contributed by atoms with van der Waals surface area (Å²) in [6.07, 6.45) is 5.70. The first kappa shape index (κ1) is 27.5. The molecule has 33 heavy (non-hydrogen) atoms. The molecule has 2 N–H and O–H groups in total. The highest BCUT2D eigenvalue weighted by Crippen LogP contribution is 2.33. The number of thiazole rings is 1. The van der Waals surface area contributed by atoms with Crippen molar-refractivity contribution in [2.75, 3.05) is 32.6 Å². The number of methoxy groups -OCH3 is 1. The molecular weight excluding hydrogens is 493 g/mol. The molecular formula is C21H29ClFN3O5S2. The Labute approximate surface area is 202 Å². The number of nitrogens with one attached hydrogen (secondary N) is 1. The minimum atomic E-state index is -3.88. The molecule has 12 heteroatoms. The summed E-state index contributed by atoms with van der Waals surface area (Å²) in [5, 5.41) is 12.5. The summed E-state index contributed by atoms with van der Waals surface area (Å²) in [5.74, 6) is -1.15. The van der Waals surface area contributed by atoms with Crippen molar-refractivity contribution in [3.63, 3.8) is 0 Å². The zero-order valence-electron chi connectivity index (χ0n) is 18.5. The van der Waals surface area contributed by atoms with Crippen LogP contribution in [0.15, 0.2) is 28.6 Å². The molecule has 0 amide bonds. The van der Waals surface area contributed by atoms with E-state index in [2.05, 4.69) is 22.2 Å². The molecule has 0 radical (unpaired) electrons. The van der Waals surface area contributed by atoms with Gasteiger partial charge in [0.2, 0.25) is 0 Å². The number of carboxylic acid groups (broad SMARTS) is 1. The molecule has 8 nitrogen and oxygen atoms in total. The van der Waals surface area contributed by atoms with Gasteiger partial charge in [0.25, 0.3) is 6.47 Å². The van der Waals surface area contributed by atoms with Crippen molar-refractivity contribution < 1.29 is 27.4 Å². The standard InChI is InChI=1S/C20H27ClFN3O3S2.CH2O2/c1-25(8-9-28-2)18-6-4-3-5-16(18)24-17-12-15(22)19(11-14(17)21)30(26,27)13-20-23-7-10-29-20;2-1-3/h7,10-12,16,18,24H,3-6,8-9,13H2,1-2H3;1H,(H,2,3)/t16-,18-;/m0./s1. The molecule has 0 unspecified atom stereocenters. The molecule has 184 valence electrons. The van der Waals surface area contributed by atoms with Gasteiger partial charge in [-0.05, 0) is 32.0 Å². The van der Waals surface area contributed by atoms with Crippen LogP contribution < -0.4 is 5.32 Å². The first-order valence-corrected chi connectivity index (χ1v) is 13.3. The number of halogens is 2. The highest BCUT2D eigenvalue weighted by Gasteiger charge is 2.29. The van der Waals surface area contributed by atoms with E-state index in [4.69, 9.17) is 26.2 Å². The number of nitrogens with zero attached hydrogens (tertiary/aromatic N) is 2. The van der Waals surface area contributed by atoms with Crippen molar-refractivity contribution in [1.29, 1.82) is 0 Å². The van der Waals surface area contributed by atoms with Gasteiger partial charge < -0.3 is 15.2 Å². The molecule has 1 aliphatic rings. The van der Waals surface area contributed by atoms with Crippen LogP contribution in [0.4, 0.5) is 10.1 Å². The SMILES string of the molecule is COCCN(C)[C@H]1CCCC[C@@H]1Nc1cc(F)c(S(=O)(=O)Cc2nccs2)cc1Cl.O=CO. The fourth-order valence-electron chi connectivity index (χ4n) is 3.85. The van der Waals surface area contributed by atoms with E-state index < -0.39 is 20.5 Å². The van der Waals surface area contributed by atoms with Gasteiger partial charge in [0, 0.05) is 37.3 Å². The molecule has 1 aromatic heterocycles. The van der Waals surface area contributed by atoms with E-state index >= 15 is 0 Å². The highest BCUT2D eigenvalue weighted by atomic mass is 35.5. The molecule has 0 saturated heterocycles. The van der Waals surface area contributed by atoms with Gasteiger partial charge in [0.1, 0.15) is 21.5 Å². The van der Waals surface area contributed by atoms with Crippen LogP contribution in [0.25, 0.3) is 0 Å². The smallest absolute Gasteiger partial charge is 0.290 e. The van der Waals surface area contributed by atoms with Gasteiger partial charge in [0.15, 0.2) is 9.84 Å². The third kappa shape index (κ3) is 7.89. The Bertz CT molecular complexity index is 992.